The highest BCUT2D eigenvalue weighted by Crippen LogP contribution is 2.55. The normalized spacial score (nSPS) is 14.9. The molecule has 0 unspecified atom stereocenters. The Labute approximate surface area is 76.0 Å². The van der Waals surface area contributed by atoms with E-state index in [-0.39, 0.29) is 5.97 Å². The van der Waals surface area contributed by atoms with Crippen LogP contribution in [0.25, 0.3) is 0 Å². The van der Waals surface area contributed by atoms with E-state index in [2.05, 4.69) is 25.0 Å². The first kappa shape index (κ1) is 11.8. The molecule has 0 aliphatic carbocycles. The molecular formula is C9H22O2S. The number of carbonyl (C=O) groups excluding carboxylic acids is 1. The lowest BCUT2D eigenvalue weighted by atomic mass is 10.5. The minimum atomic E-state index is -1.37. The van der Waals surface area contributed by atoms with Gasteiger partial charge in [0.1, 0.15) is 0 Å². The van der Waals surface area contributed by atoms with Crippen molar-refractivity contribution in [2.45, 2.75) is 13.3 Å². The van der Waals surface area contributed by atoms with Gasteiger partial charge in [-0.25, -0.2) is 0 Å². The van der Waals surface area contributed by atoms with E-state index in [4.69, 9.17) is 4.74 Å². The summed E-state index contributed by atoms with van der Waals surface area (Å²) >= 11 is 0. The van der Waals surface area contributed by atoms with E-state index in [1.54, 1.807) is 0 Å². The first-order valence-electron chi connectivity index (χ1n) is 4.30. The maximum absolute atomic E-state index is 10.4. The summed E-state index contributed by atoms with van der Waals surface area (Å²) in [7, 11) is -1.37. The summed E-state index contributed by atoms with van der Waals surface area (Å²) in [5.41, 5.74) is 0. The summed E-state index contributed by atoms with van der Waals surface area (Å²) in [5, 5.41) is 0. The topological polar surface area (TPSA) is 26.3 Å². The third kappa shape index (κ3) is 9.82. The molecule has 0 aromatic rings. The highest BCUT2D eigenvalue weighted by molar-refractivity contribution is 8.47. The molecule has 0 aromatic carbocycles. The second-order valence-electron chi connectivity index (χ2n) is 5.37. The molecule has 0 amide bonds. The van der Waals surface area contributed by atoms with Crippen LogP contribution in [0.15, 0.2) is 0 Å². The number of carbonyl (C=O) groups is 1. The van der Waals surface area contributed by atoms with Crippen molar-refractivity contribution in [2.75, 3.05) is 37.4 Å². The number of rotatable bonds is 4. The van der Waals surface area contributed by atoms with E-state index >= 15 is 0 Å². The lowest BCUT2D eigenvalue weighted by molar-refractivity contribution is -0.140. The van der Waals surface area contributed by atoms with Crippen LogP contribution in [-0.2, 0) is 9.53 Å². The van der Waals surface area contributed by atoms with Crippen molar-refractivity contribution >= 4 is 15.1 Å². The molecule has 2 nitrogen and oxygen atoms in total. The van der Waals surface area contributed by atoms with Crippen molar-refractivity contribution in [1.29, 1.82) is 0 Å². The highest BCUT2D eigenvalue weighted by Gasteiger charge is 2.17. The zero-order valence-electron chi connectivity index (χ0n) is 8.89. The van der Waals surface area contributed by atoms with Crippen molar-refractivity contribution < 1.29 is 9.53 Å². The van der Waals surface area contributed by atoms with Gasteiger partial charge < -0.3 is 4.74 Å². The van der Waals surface area contributed by atoms with Crippen molar-refractivity contribution in [3.05, 3.63) is 0 Å². The Bertz CT molecular complexity index is 158. The van der Waals surface area contributed by atoms with Gasteiger partial charge in [-0.05, 0) is 37.2 Å². The van der Waals surface area contributed by atoms with E-state index in [1.807, 2.05) is 0 Å². The van der Waals surface area contributed by atoms with Crippen molar-refractivity contribution in [3.63, 3.8) is 0 Å². The number of thiol groups is 1. The van der Waals surface area contributed by atoms with E-state index in [0.717, 1.165) is 6.42 Å². The average Bonchev–Trinajstić information content (AvgIpc) is 1.76. The predicted octanol–water partition coefficient (Wildman–Crippen LogP) is 1.53. The van der Waals surface area contributed by atoms with Gasteiger partial charge in [-0.2, -0.15) is 0 Å². The number of hydrogen-bond donors (Lipinski definition) is 1. The van der Waals surface area contributed by atoms with Gasteiger partial charge in [-0.1, -0.05) is 0 Å². The minimum absolute atomic E-state index is 0.172. The molecule has 0 saturated carbocycles. The third-order valence-electron chi connectivity index (χ3n) is 1.50. The van der Waals surface area contributed by atoms with Crippen LogP contribution < -0.4 is 0 Å². The fourth-order valence-electron chi connectivity index (χ4n) is 0.913. The van der Waals surface area contributed by atoms with Gasteiger partial charge in [-0.15, -0.1) is 0 Å². The zero-order valence-corrected chi connectivity index (χ0v) is 9.78. The summed E-state index contributed by atoms with van der Waals surface area (Å²) in [6, 6.07) is 0. The molecule has 0 spiro atoms. The average molecular weight is 194 g/mol. The SMILES string of the molecule is CC(=O)OCCC[SH](C)(C)(C)C. The maximum atomic E-state index is 10.4. The summed E-state index contributed by atoms with van der Waals surface area (Å²) in [6.45, 7) is 2.03. The third-order valence-corrected chi connectivity index (χ3v) is 3.61. The summed E-state index contributed by atoms with van der Waals surface area (Å²) in [5.74, 6) is 1.02. The minimum Gasteiger partial charge on any atom is -0.466 e. The van der Waals surface area contributed by atoms with Crippen molar-refractivity contribution in [1.82, 2.24) is 0 Å². The summed E-state index contributed by atoms with van der Waals surface area (Å²) < 4.78 is 4.86. The van der Waals surface area contributed by atoms with E-state index in [9.17, 15) is 4.79 Å². The van der Waals surface area contributed by atoms with Crippen LogP contribution in [-0.4, -0.2) is 43.4 Å². The van der Waals surface area contributed by atoms with Crippen LogP contribution in [0.3, 0.4) is 0 Å². The van der Waals surface area contributed by atoms with Crippen LogP contribution in [0.2, 0.25) is 0 Å². The standard InChI is InChI=1S/C9H22O2S/c1-9(10)11-7-6-8-12(2,3,4)5/h12H,6-8H2,1-5H3. The quantitative estimate of drug-likeness (QED) is 0.417. The molecule has 0 saturated heterocycles. The van der Waals surface area contributed by atoms with Gasteiger partial charge >= 0.3 is 5.97 Å². The predicted molar refractivity (Wildman–Crippen MR) is 58.8 cm³/mol. The molecule has 0 heterocycles. The van der Waals surface area contributed by atoms with Gasteiger partial charge in [0.15, 0.2) is 0 Å². The van der Waals surface area contributed by atoms with Crippen LogP contribution in [0.4, 0.5) is 0 Å². The Morgan fingerprint density at radius 1 is 1.25 bits per heavy atom. The lowest BCUT2D eigenvalue weighted by Gasteiger charge is -2.47. The fourth-order valence-corrected chi connectivity index (χ4v) is 2.31. The van der Waals surface area contributed by atoms with Crippen LogP contribution >= 0.6 is 9.16 Å². The Morgan fingerprint density at radius 3 is 2.08 bits per heavy atom. The molecular weight excluding hydrogens is 172 g/mol. The number of ether oxygens (including phenoxy) is 1. The summed E-state index contributed by atoms with van der Waals surface area (Å²) in [4.78, 5) is 10.4. The number of hydrogen-bond acceptors (Lipinski definition) is 2. The molecule has 0 aromatic heterocycles. The van der Waals surface area contributed by atoms with Crippen LogP contribution in [0.5, 0.6) is 0 Å². The molecule has 3 heteroatoms. The van der Waals surface area contributed by atoms with E-state index in [1.165, 1.54) is 12.7 Å². The molecule has 0 atom stereocenters. The van der Waals surface area contributed by atoms with Gasteiger partial charge in [0.05, 0.1) is 6.61 Å². The van der Waals surface area contributed by atoms with Gasteiger partial charge in [0.25, 0.3) is 0 Å². The van der Waals surface area contributed by atoms with Crippen molar-refractivity contribution in [2.24, 2.45) is 0 Å². The molecule has 0 N–H and O–H groups in total. The van der Waals surface area contributed by atoms with Gasteiger partial charge in [0, 0.05) is 6.92 Å². The van der Waals surface area contributed by atoms with E-state index < -0.39 is 9.16 Å². The lowest BCUT2D eigenvalue weighted by Crippen LogP contribution is -2.17. The van der Waals surface area contributed by atoms with Crippen LogP contribution in [0.1, 0.15) is 13.3 Å². The van der Waals surface area contributed by atoms with Gasteiger partial charge in [0.2, 0.25) is 0 Å². The molecule has 0 rings (SSSR count). The Balaban J connectivity index is 3.52. The summed E-state index contributed by atoms with van der Waals surface area (Å²) in [6.07, 6.45) is 10.3. The molecule has 0 aliphatic heterocycles. The Morgan fingerprint density at radius 2 is 1.75 bits per heavy atom. The van der Waals surface area contributed by atoms with E-state index in [0.29, 0.717) is 6.61 Å². The van der Waals surface area contributed by atoms with Gasteiger partial charge in [-0.3, -0.25) is 14.0 Å². The van der Waals surface area contributed by atoms with Crippen LogP contribution in [0, 0.1) is 0 Å². The maximum Gasteiger partial charge on any atom is 0.302 e. The molecule has 0 radical (unpaired) electrons. The Hall–Kier alpha value is -0.180. The first-order valence-corrected chi connectivity index (χ1v) is 8.51. The highest BCUT2D eigenvalue weighted by atomic mass is 32.3. The fraction of sp³-hybridized carbons (Fsp3) is 0.889. The number of esters is 1. The second-order valence-corrected chi connectivity index (χ2v) is 13.7. The second kappa shape index (κ2) is 3.69. The molecule has 0 fully saturated rings. The smallest absolute Gasteiger partial charge is 0.302 e. The molecule has 12 heavy (non-hydrogen) atoms. The Kier molecular flexibility index (Phi) is 3.63. The zero-order chi connectivity index (χ0) is 9.85. The molecule has 0 aliphatic rings. The molecule has 0 bridgehead atoms. The first-order chi connectivity index (χ1) is 5.17. The van der Waals surface area contributed by atoms with Crippen molar-refractivity contribution in [3.8, 4) is 0 Å². The monoisotopic (exact) mass is 194 g/mol. The largest absolute Gasteiger partial charge is 0.466 e. The molecule has 76 valence electrons.